The summed E-state index contributed by atoms with van der Waals surface area (Å²) >= 11 is 0. The number of halogens is 2. The van der Waals surface area contributed by atoms with Crippen LogP contribution < -0.4 is 5.32 Å². The van der Waals surface area contributed by atoms with Crippen molar-refractivity contribution in [3.8, 4) is 11.3 Å². The molecule has 0 unspecified atom stereocenters. The minimum absolute atomic E-state index is 0. The summed E-state index contributed by atoms with van der Waals surface area (Å²) in [7, 11) is 0. The van der Waals surface area contributed by atoms with Crippen LogP contribution in [0.25, 0.3) is 11.3 Å². The zero-order chi connectivity index (χ0) is 14.5. The molecule has 0 saturated heterocycles. The van der Waals surface area contributed by atoms with Crippen LogP contribution in [0.1, 0.15) is 11.3 Å². The van der Waals surface area contributed by atoms with Gasteiger partial charge in [-0.1, -0.05) is 0 Å². The van der Waals surface area contributed by atoms with Crippen LogP contribution in [-0.2, 0) is 13.1 Å². The van der Waals surface area contributed by atoms with E-state index in [4.69, 9.17) is 4.42 Å². The molecule has 0 aliphatic carbocycles. The second kappa shape index (κ2) is 7.73. The molecule has 0 saturated carbocycles. The van der Waals surface area contributed by atoms with Crippen LogP contribution in [0.5, 0.6) is 0 Å². The Morgan fingerprint density at radius 2 is 1.64 bits per heavy atom. The number of nitrogens with zero attached hydrogens (tertiary/aromatic N) is 1. The topological polar surface area (TPSA) is 38.1 Å². The van der Waals surface area contributed by atoms with Crippen molar-refractivity contribution in [2.45, 2.75) is 13.1 Å². The second-order valence-electron chi connectivity index (χ2n) is 4.73. The molecule has 0 aliphatic heterocycles. The van der Waals surface area contributed by atoms with Crippen LogP contribution >= 0.6 is 12.4 Å². The van der Waals surface area contributed by atoms with Gasteiger partial charge in [-0.2, -0.15) is 0 Å². The Labute approximate surface area is 134 Å². The molecule has 3 nitrogen and oxygen atoms in total. The van der Waals surface area contributed by atoms with Gasteiger partial charge in [-0.3, -0.25) is 4.98 Å². The van der Waals surface area contributed by atoms with Crippen LogP contribution in [0.4, 0.5) is 4.39 Å². The third-order valence-electron chi connectivity index (χ3n) is 3.17. The van der Waals surface area contributed by atoms with Crippen molar-refractivity contribution < 1.29 is 8.81 Å². The van der Waals surface area contributed by atoms with Crippen molar-refractivity contribution in [1.82, 2.24) is 10.3 Å². The lowest BCUT2D eigenvalue weighted by atomic mass is 10.2. The fourth-order valence-corrected chi connectivity index (χ4v) is 2.07. The number of furan rings is 1. The van der Waals surface area contributed by atoms with Crippen molar-refractivity contribution in [2.75, 3.05) is 0 Å². The van der Waals surface area contributed by atoms with E-state index in [0.717, 1.165) is 23.6 Å². The van der Waals surface area contributed by atoms with Gasteiger partial charge in [0, 0.05) is 24.5 Å². The highest BCUT2D eigenvalue weighted by Gasteiger charge is 2.04. The van der Waals surface area contributed by atoms with E-state index in [1.165, 1.54) is 17.7 Å². The zero-order valence-electron chi connectivity index (χ0n) is 11.8. The van der Waals surface area contributed by atoms with E-state index >= 15 is 0 Å². The molecule has 0 spiro atoms. The molecular weight excluding hydrogens is 303 g/mol. The van der Waals surface area contributed by atoms with Crippen molar-refractivity contribution in [1.29, 1.82) is 0 Å². The smallest absolute Gasteiger partial charge is 0.134 e. The molecular formula is C17H16ClFN2O. The Morgan fingerprint density at radius 3 is 2.36 bits per heavy atom. The monoisotopic (exact) mass is 318 g/mol. The van der Waals surface area contributed by atoms with Crippen molar-refractivity contribution >= 4 is 12.4 Å². The lowest BCUT2D eigenvalue weighted by molar-refractivity contribution is 0.493. The highest BCUT2D eigenvalue weighted by Crippen LogP contribution is 2.22. The second-order valence-corrected chi connectivity index (χ2v) is 4.73. The molecule has 114 valence electrons. The lowest BCUT2D eigenvalue weighted by Crippen LogP contribution is -2.11. The summed E-state index contributed by atoms with van der Waals surface area (Å²) in [4.78, 5) is 3.98. The number of pyridine rings is 1. The molecule has 0 radical (unpaired) electrons. The molecule has 0 aliphatic rings. The number of hydrogen-bond acceptors (Lipinski definition) is 3. The Bertz CT molecular complexity index is 698. The Morgan fingerprint density at radius 1 is 0.909 bits per heavy atom. The highest BCUT2D eigenvalue weighted by atomic mass is 35.5. The average Bonchev–Trinajstić information content (AvgIpc) is 2.98. The summed E-state index contributed by atoms with van der Waals surface area (Å²) in [5.41, 5.74) is 2.05. The first-order valence-corrected chi connectivity index (χ1v) is 6.75. The normalized spacial score (nSPS) is 10.2. The van der Waals surface area contributed by atoms with E-state index in [0.29, 0.717) is 6.54 Å². The van der Waals surface area contributed by atoms with Crippen LogP contribution in [-0.4, -0.2) is 4.98 Å². The Kier molecular flexibility index (Phi) is 5.69. The molecule has 3 rings (SSSR count). The molecule has 0 atom stereocenters. The standard InChI is InChI=1S/C17H15FN2O.ClH/c18-15-3-1-14(2-4-15)17-6-5-16(21-17)12-20-11-13-7-9-19-10-8-13;/h1-10,20H,11-12H2;1H. The van der Waals surface area contributed by atoms with E-state index in [9.17, 15) is 4.39 Å². The van der Waals surface area contributed by atoms with Gasteiger partial charge in [-0.05, 0) is 54.1 Å². The third kappa shape index (κ3) is 4.16. The summed E-state index contributed by atoms with van der Waals surface area (Å²) < 4.78 is 18.6. The number of aromatic nitrogens is 1. The van der Waals surface area contributed by atoms with Gasteiger partial charge in [-0.25, -0.2) is 4.39 Å². The first kappa shape index (κ1) is 16.2. The Balaban J connectivity index is 0.00000176. The molecule has 0 amide bonds. The van der Waals surface area contributed by atoms with Gasteiger partial charge >= 0.3 is 0 Å². The lowest BCUT2D eigenvalue weighted by Gasteiger charge is -2.02. The summed E-state index contributed by atoms with van der Waals surface area (Å²) in [5.74, 6) is 1.35. The molecule has 3 aromatic rings. The third-order valence-corrected chi connectivity index (χ3v) is 3.17. The van der Waals surface area contributed by atoms with Crippen molar-refractivity contribution in [3.63, 3.8) is 0 Å². The first-order chi connectivity index (χ1) is 10.3. The number of benzene rings is 1. The average molecular weight is 319 g/mol. The molecule has 2 aromatic heterocycles. The maximum absolute atomic E-state index is 12.9. The molecule has 0 bridgehead atoms. The number of rotatable bonds is 5. The van der Waals surface area contributed by atoms with Gasteiger partial charge in [0.25, 0.3) is 0 Å². The van der Waals surface area contributed by atoms with E-state index < -0.39 is 0 Å². The molecule has 1 aromatic carbocycles. The first-order valence-electron chi connectivity index (χ1n) is 6.75. The summed E-state index contributed by atoms with van der Waals surface area (Å²) in [6, 6.07) is 14.1. The van der Waals surface area contributed by atoms with Gasteiger partial charge in [-0.15, -0.1) is 12.4 Å². The predicted octanol–water partition coefficient (Wildman–Crippen LogP) is 4.19. The largest absolute Gasteiger partial charge is 0.460 e. The van der Waals surface area contributed by atoms with Crippen LogP contribution in [0, 0.1) is 5.82 Å². The highest BCUT2D eigenvalue weighted by molar-refractivity contribution is 5.85. The maximum Gasteiger partial charge on any atom is 0.134 e. The van der Waals surface area contributed by atoms with Gasteiger partial charge < -0.3 is 9.73 Å². The van der Waals surface area contributed by atoms with E-state index in [1.54, 1.807) is 24.5 Å². The van der Waals surface area contributed by atoms with E-state index in [2.05, 4.69) is 10.3 Å². The van der Waals surface area contributed by atoms with E-state index in [-0.39, 0.29) is 18.2 Å². The molecule has 0 fully saturated rings. The molecule has 1 N–H and O–H groups in total. The molecule has 22 heavy (non-hydrogen) atoms. The predicted molar refractivity (Wildman–Crippen MR) is 86.1 cm³/mol. The SMILES string of the molecule is Cl.Fc1ccc(-c2ccc(CNCc3ccncc3)o2)cc1. The summed E-state index contributed by atoms with van der Waals surface area (Å²) in [5, 5.41) is 3.31. The van der Waals surface area contributed by atoms with Crippen LogP contribution in [0.2, 0.25) is 0 Å². The minimum Gasteiger partial charge on any atom is -0.460 e. The van der Waals surface area contributed by atoms with Crippen LogP contribution in [0.15, 0.2) is 65.3 Å². The number of hydrogen-bond donors (Lipinski definition) is 1. The number of nitrogens with one attached hydrogen (secondary N) is 1. The fourth-order valence-electron chi connectivity index (χ4n) is 2.07. The quantitative estimate of drug-likeness (QED) is 0.766. The van der Waals surface area contributed by atoms with Gasteiger partial charge in [0.15, 0.2) is 0 Å². The summed E-state index contributed by atoms with van der Waals surface area (Å²) in [6.45, 7) is 1.40. The summed E-state index contributed by atoms with van der Waals surface area (Å²) in [6.07, 6.45) is 3.55. The maximum atomic E-state index is 12.9. The zero-order valence-corrected chi connectivity index (χ0v) is 12.6. The minimum atomic E-state index is -0.246. The molecule has 5 heteroatoms. The van der Waals surface area contributed by atoms with E-state index in [1.807, 2.05) is 24.3 Å². The van der Waals surface area contributed by atoms with Gasteiger partial charge in [0.2, 0.25) is 0 Å². The van der Waals surface area contributed by atoms with Crippen molar-refractivity contribution in [3.05, 3.63) is 78.1 Å². The van der Waals surface area contributed by atoms with Gasteiger partial charge in [0.05, 0.1) is 6.54 Å². The van der Waals surface area contributed by atoms with Crippen LogP contribution in [0.3, 0.4) is 0 Å². The molecule has 2 heterocycles. The van der Waals surface area contributed by atoms with Gasteiger partial charge in [0.1, 0.15) is 17.3 Å². The fraction of sp³-hybridized carbons (Fsp3) is 0.118. The Hall–Kier alpha value is -2.17. The van der Waals surface area contributed by atoms with Crippen molar-refractivity contribution in [2.24, 2.45) is 0 Å².